The average Bonchev–Trinajstić information content (AvgIpc) is 3.25. The lowest BCUT2D eigenvalue weighted by atomic mass is 10.1. The molecule has 5 heteroatoms. The highest BCUT2D eigenvalue weighted by molar-refractivity contribution is 9.09. The molecule has 0 atom stereocenters. The molecule has 0 bridgehead atoms. The van der Waals surface area contributed by atoms with Crippen molar-refractivity contribution in [2.45, 2.75) is 12.8 Å². The van der Waals surface area contributed by atoms with Crippen molar-refractivity contribution >= 4 is 21.8 Å². The second-order valence-electron chi connectivity index (χ2n) is 5.17. The summed E-state index contributed by atoms with van der Waals surface area (Å²) in [6.07, 6.45) is 2.36. The molecule has 1 aliphatic carbocycles. The van der Waals surface area contributed by atoms with E-state index in [2.05, 4.69) is 21.2 Å². The van der Waals surface area contributed by atoms with Crippen LogP contribution in [0.3, 0.4) is 0 Å². The molecule has 102 valence electrons. The fourth-order valence-corrected chi connectivity index (χ4v) is 2.85. The third-order valence-electron chi connectivity index (χ3n) is 3.67. The molecule has 0 spiro atoms. The predicted octanol–water partition coefficient (Wildman–Crippen LogP) is 2.36. The minimum Gasteiger partial charge on any atom is -0.486 e. The van der Waals surface area contributed by atoms with E-state index in [1.165, 1.54) is 12.8 Å². The lowest BCUT2D eigenvalue weighted by Crippen LogP contribution is -2.31. The summed E-state index contributed by atoms with van der Waals surface area (Å²) < 4.78 is 10.9. The summed E-state index contributed by atoms with van der Waals surface area (Å²) >= 11 is 3.50. The Hall–Kier alpha value is -1.23. The van der Waals surface area contributed by atoms with E-state index >= 15 is 0 Å². The molecule has 1 heterocycles. The molecule has 0 radical (unpaired) electrons. The summed E-state index contributed by atoms with van der Waals surface area (Å²) in [4.78, 5) is 12.1. The molecule has 1 saturated carbocycles. The van der Waals surface area contributed by atoms with E-state index in [-0.39, 0.29) is 11.3 Å². The van der Waals surface area contributed by atoms with Crippen molar-refractivity contribution in [2.75, 3.05) is 25.1 Å². The molecule has 0 unspecified atom stereocenters. The van der Waals surface area contributed by atoms with Gasteiger partial charge in [-0.05, 0) is 36.5 Å². The maximum atomic E-state index is 12.1. The van der Waals surface area contributed by atoms with E-state index in [1.807, 2.05) is 0 Å². The van der Waals surface area contributed by atoms with E-state index in [1.54, 1.807) is 18.2 Å². The van der Waals surface area contributed by atoms with Crippen molar-refractivity contribution in [3.63, 3.8) is 0 Å². The monoisotopic (exact) mass is 325 g/mol. The van der Waals surface area contributed by atoms with Gasteiger partial charge >= 0.3 is 0 Å². The molecule has 0 aromatic heterocycles. The van der Waals surface area contributed by atoms with Crippen molar-refractivity contribution in [3.05, 3.63) is 23.8 Å². The van der Waals surface area contributed by atoms with E-state index in [9.17, 15) is 4.79 Å². The minimum atomic E-state index is -0.0517. The third kappa shape index (κ3) is 2.71. The molecule has 1 aromatic rings. The highest BCUT2D eigenvalue weighted by Gasteiger charge is 2.41. The number of hydrogen-bond acceptors (Lipinski definition) is 3. The van der Waals surface area contributed by atoms with Crippen LogP contribution in [0.25, 0.3) is 0 Å². The molecular formula is C14H16BrNO3. The summed E-state index contributed by atoms with van der Waals surface area (Å²) in [6, 6.07) is 5.31. The first-order valence-corrected chi connectivity index (χ1v) is 7.58. The van der Waals surface area contributed by atoms with Crippen molar-refractivity contribution in [1.29, 1.82) is 0 Å². The topological polar surface area (TPSA) is 47.6 Å². The van der Waals surface area contributed by atoms with Gasteiger partial charge < -0.3 is 14.8 Å². The Bertz CT molecular complexity index is 499. The molecule has 1 N–H and O–H groups in total. The van der Waals surface area contributed by atoms with Crippen LogP contribution in [0.5, 0.6) is 11.5 Å². The maximum absolute atomic E-state index is 12.1. The van der Waals surface area contributed by atoms with Gasteiger partial charge in [-0.2, -0.15) is 0 Å². The quantitative estimate of drug-likeness (QED) is 0.864. The lowest BCUT2D eigenvalue weighted by molar-refractivity contribution is 0.0945. The molecule has 1 aliphatic heterocycles. The van der Waals surface area contributed by atoms with Crippen LogP contribution in [0.1, 0.15) is 23.2 Å². The Labute approximate surface area is 120 Å². The number of carbonyl (C=O) groups excluding carboxylic acids is 1. The van der Waals surface area contributed by atoms with Crippen LogP contribution in [-0.4, -0.2) is 31.0 Å². The van der Waals surface area contributed by atoms with Gasteiger partial charge in [-0.1, -0.05) is 15.9 Å². The number of ether oxygens (including phenoxy) is 2. The fraction of sp³-hybridized carbons (Fsp3) is 0.500. The zero-order chi connectivity index (χ0) is 13.3. The van der Waals surface area contributed by atoms with Gasteiger partial charge in [-0.15, -0.1) is 0 Å². The van der Waals surface area contributed by atoms with Gasteiger partial charge in [0.2, 0.25) is 0 Å². The van der Waals surface area contributed by atoms with Crippen molar-refractivity contribution in [1.82, 2.24) is 5.32 Å². The van der Waals surface area contributed by atoms with E-state index in [4.69, 9.17) is 9.47 Å². The van der Waals surface area contributed by atoms with Crippen LogP contribution in [0.2, 0.25) is 0 Å². The van der Waals surface area contributed by atoms with Crippen LogP contribution in [0.4, 0.5) is 0 Å². The molecule has 0 saturated heterocycles. The SMILES string of the molecule is O=C(NCC1(CBr)CC1)c1ccc2c(c1)OCCO2. The van der Waals surface area contributed by atoms with E-state index in [0.29, 0.717) is 30.3 Å². The first kappa shape index (κ1) is 12.8. The number of alkyl halides is 1. The average molecular weight is 326 g/mol. The van der Waals surface area contributed by atoms with Crippen LogP contribution in [0.15, 0.2) is 18.2 Å². The second kappa shape index (κ2) is 5.04. The number of fused-ring (bicyclic) bond motifs is 1. The third-order valence-corrected chi connectivity index (χ3v) is 4.86. The highest BCUT2D eigenvalue weighted by atomic mass is 79.9. The van der Waals surface area contributed by atoms with Crippen LogP contribution >= 0.6 is 15.9 Å². The highest BCUT2D eigenvalue weighted by Crippen LogP contribution is 2.46. The van der Waals surface area contributed by atoms with Gasteiger partial charge in [0.25, 0.3) is 5.91 Å². The number of carbonyl (C=O) groups is 1. The Morgan fingerprint density at radius 1 is 1.26 bits per heavy atom. The molecule has 19 heavy (non-hydrogen) atoms. The van der Waals surface area contributed by atoms with E-state index < -0.39 is 0 Å². The first-order chi connectivity index (χ1) is 9.22. The molecule has 1 aromatic carbocycles. The Kier molecular flexibility index (Phi) is 3.39. The number of nitrogens with one attached hydrogen (secondary N) is 1. The summed E-state index contributed by atoms with van der Waals surface area (Å²) in [5.41, 5.74) is 0.901. The second-order valence-corrected chi connectivity index (χ2v) is 5.74. The van der Waals surface area contributed by atoms with Crippen molar-refractivity contribution in [2.24, 2.45) is 5.41 Å². The Balaban J connectivity index is 1.66. The fourth-order valence-electron chi connectivity index (χ4n) is 2.09. The zero-order valence-electron chi connectivity index (χ0n) is 10.6. The molecule has 4 nitrogen and oxygen atoms in total. The maximum Gasteiger partial charge on any atom is 0.251 e. The number of benzene rings is 1. The molecule has 3 rings (SSSR count). The van der Waals surface area contributed by atoms with Crippen molar-refractivity contribution < 1.29 is 14.3 Å². The molecule has 1 fully saturated rings. The van der Waals surface area contributed by atoms with Gasteiger partial charge in [0.15, 0.2) is 11.5 Å². The summed E-state index contributed by atoms with van der Waals surface area (Å²) in [7, 11) is 0. The Morgan fingerprint density at radius 3 is 2.68 bits per heavy atom. The van der Waals surface area contributed by atoms with Gasteiger partial charge in [-0.25, -0.2) is 0 Å². The standard InChI is InChI=1S/C14H16BrNO3/c15-8-14(3-4-14)9-16-13(17)10-1-2-11-12(7-10)19-6-5-18-11/h1-2,7H,3-6,8-9H2,(H,16,17). The summed E-state index contributed by atoms with van der Waals surface area (Å²) in [6.45, 7) is 1.82. The lowest BCUT2D eigenvalue weighted by Gasteiger charge is -2.19. The number of amides is 1. The molecule has 1 amide bonds. The number of halogens is 1. The van der Waals surface area contributed by atoms with Crippen LogP contribution < -0.4 is 14.8 Å². The molecular weight excluding hydrogens is 310 g/mol. The number of hydrogen-bond donors (Lipinski definition) is 1. The predicted molar refractivity (Wildman–Crippen MR) is 75.2 cm³/mol. The first-order valence-electron chi connectivity index (χ1n) is 6.46. The van der Waals surface area contributed by atoms with Gasteiger partial charge in [0, 0.05) is 17.4 Å². The van der Waals surface area contributed by atoms with E-state index in [0.717, 1.165) is 11.9 Å². The zero-order valence-corrected chi connectivity index (χ0v) is 12.2. The van der Waals surface area contributed by atoms with Crippen LogP contribution in [0, 0.1) is 5.41 Å². The van der Waals surface area contributed by atoms with Gasteiger partial charge in [0.05, 0.1) is 0 Å². The normalized spacial score (nSPS) is 18.8. The largest absolute Gasteiger partial charge is 0.486 e. The summed E-state index contributed by atoms with van der Waals surface area (Å²) in [5, 5.41) is 3.94. The molecule has 2 aliphatic rings. The van der Waals surface area contributed by atoms with Crippen molar-refractivity contribution in [3.8, 4) is 11.5 Å². The van der Waals surface area contributed by atoms with Crippen LogP contribution in [-0.2, 0) is 0 Å². The minimum absolute atomic E-state index is 0.0517. The smallest absolute Gasteiger partial charge is 0.251 e. The summed E-state index contributed by atoms with van der Waals surface area (Å²) in [5.74, 6) is 1.31. The van der Waals surface area contributed by atoms with Gasteiger partial charge in [0.1, 0.15) is 13.2 Å². The number of rotatable bonds is 4. The Morgan fingerprint density at radius 2 is 2.00 bits per heavy atom. The van der Waals surface area contributed by atoms with Gasteiger partial charge in [-0.3, -0.25) is 4.79 Å².